The van der Waals surface area contributed by atoms with Gasteiger partial charge in [-0.3, -0.25) is 0 Å². The zero-order valence-electron chi connectivity index (χ0n) is 9.99. The number of ether oxygens (including phenoxy) is 1. The molecule has 0 radical (unpaired) electrons. The molecule has 0 spiro atoms. The fourth-order valence-corrected chi connectivity index (χ4v) is 3.58. The van der Waals surface area contributed by atoms with Gasteiger partial charge in [0.2, 0.25) is 0 Å². The van der Waals surface area contributed by atoms with Gasteiger partial charge in [0.1, 0.15) is 0 Å². The SMILES string of the molecule is CCOC(=O)N=[S@](C)(=O)[C@@H]1CNC[C@H]1C(F)(F)F. The van der Waals surface area contributed by atoms with Crippen molar-refractivity contribution in [3.05, 3.63) is 0 Å². The van der Waals surface area contributed by atoms with Crippen LogP contribution in [0.25, 0.3) is 0 Å². The van der Waals surface area contributed by atoms with Crippen molar-refractivity contribution in [3.8, 4) is 0 Å². The second-order valence-corrected chi connectivity index (χ2v) is 6.51. The summed E-state index contributed by atoms with van der Waals surface area (Å²) in [6.07, 6.45) is -4.49. The molecule has 0 aromatic carbocycles. The van der Waals surface area contributed by atoms with Crippen molar-refractivity contribution in [2.75, 3.05) is 26.0 Å². The highest BCUT2D eigenvalue weighted by Gasteiger charge is 2.50. The second-order valence-electron chi connectivity index (χ2n) is 4.00. The van der Waals surface area contributed by atoms with Crippen LogP contribution in [0, 0.1) is 5.92 Å². The number of amides is 1. The van der Waals surface area contributed by atoms with Crippen LogP contribution < -0.4 is 5.32 Å². The number of hydrogen-bond donors (Lipinski definition) is 1. The standard InChI is InChI=1S/C9H15F3N2O3S/c1-3-17-8(15)14-18(2,16)7-5-13-4-6(7)9(10,11)12/h6-7,13H,3-5H2,1-2H3/t6-,7-,18-/m1/s1. The maximum atomic E-state index is 12.7. The van der Waals surface area contributed by atoms with E-state index in [2.05, 4.69) is 14.4 Å². The van der Waals surface area contributed by atoms with Gasteiger partial charge in [0.15, 0.2) is 0 Å². The molecule has 1 aliphatic heterocycles. The van der Waals surface area contributed by atoms with E-state index in [-0.39, 0.29) is 19.7 Å². The van der Waals surface area contributed by atoms with Crippen molar-refractivity contribution in [1.82, 2.24) is 5.32 Å². The molecule has 1 amide bonds. The Morgan fingerprint density at radius 1 is 1.50 bits per heavy atom. The second kappa shape index (κ2) is 5.43. The summed E-state index contributed by atoms with van der Waals surface area (Å²) in [5.41, 5.74) is 0. The Balaban J connectivity index is 2.97. The third kappa shape index (κ3) is 3.58. The van der Waals surface area contributed by atoms with Crippen molar-refractivity contribution in [2.45, 2.75) is 18.3 Å². The fourth-order valence-electron chi connectivity index (χ4n) is 1.81. The van der Waals surface area contributed by atoms with E-state index < -0.39 is 33.2 Å². The highest BCUT2D eigenvalue weighted by Crippen LogP contribution is 2.34. The fraction of sp³-hybridized carbons (Fsp3) is 0.889. The van der Waals surface area contributed by atoms with E-state index in [1.165, 1.54) is 6.92 Å². The van der Waals surface area contributed by atoms with E-state index in [9.17, 15) is 22.2 Å². The van der Waals surface area contributed by atoms with Gasteiger partial charge >= 0.3 is 12.3 Å². The Morgan fingerprint density at radius 3 is 2.61 bits per heavy atom. The normalized spacial score (nSPS) is 27.6. The first-order chi connectivity index (χ1) is 8.18. The summed E-state index contributed by atoms with van der Waals surface area (Å²) in [6.45, 7) is 1.17. The molecule has 0 aliphatic carbocycles. The van der Waals surface area contributed by atoms with Crippen LogP contribution >= 0.6 is 0 Å². The molecule has 9 heteroatoms. The Kier molecular flexibility index (Phi) is 4.60. The van der Waals surface area contributed by atoms with Crippen molar-refractivity contribution in [2.24, 2.45) is 10.3 Å². The first-order valence-electron chi connectivity index (χ1n) is 5.33. The summed E-state index contributed by atoms with van der Waals surface area (Å²) in [4.78, 5) is 11.1. The lowest BCUT2D eigenvalue weighted by Crippen LogP contribution is -2.38. The van der Waals surface area contributed by atoms with Gasteiger partial charge in [-0.1, -0.05) is 0 Å². The van der Waals surface area contributed by atoms with Crippen molar-refractivity contribution >= 4 is 15.8 Å². The third-order valence-corrected chi connectivity index (χ3v) is 4.79. The van der Waals surface area contributed by atoms with Gasteiger partial charge in [-0.15, -0.1) is 4.36 Å². The highest BCUT2D eigenvalue weighted by molar-refractivity contribution is 7.93. The quantitative estimate of drug-likeness (QED) is 0.834. The first-order valence-corrected chi connectivity index (χ1v) is 7.32. The van der Waals surface area contributed by atoms with Crippen LogP contribution in [0.3, 0.4) is 0 Å². The van der Waals surface area contributed by atoms with Crippen LogP contribution in [0.4, 0.5) is 18.0 Å². The minimum Gasteiger partial charge on any atom is -0.448 e. The average molecular weight is 288 g/mol. The summed E-state index contributed by atoms with van der Waals surface area (Å²) in [6, 6.07) is 0. The lowest BCUT2D eigenvalue weighted by atomic mass is 10.1. The number of alkyl halides is 3. The van der Waals surface area contributed by atoms with E-state index in [0.29, 0.717) is 0 Å². The molecule has 0 saturated carbocycles. The summed E-state index contributed by atoms with van der Waals surface area (Å²) in [5.74, 6) is -1.76. The Bertz CT molecular complexity index is 429. The molecule has 1 saturated heterocycles. The summed E-state index contributed by atoms with van der Waals surface area (Å²) in [5, 5.41) is 1.29. The van der Waals surface area contributed by atoms with Crippen LogP contribution in [0.1, 0.15) is 6.92 Å². The predicted octanol–water partition coefficient (Wildman–Crippen LogP) is 1.39. The van der Waals surface area contributed by atoms with Gasteiger partial charge < -0.3 is 10.1 Å². The number of rotatable bonds is 2. The molecular formula is C9H15F3N2O3S. The maximum Gasteiger partial charge on any atom is 0.441 e. The summed E-state index contributed by atoms with van der Waals surface area (Å²) >= 11 is 0. The van der Waals surface area contributed by atoms with E-state index in [4.69, 9.17) is 0 Å². The zero-order chi connectivity index (χ0) is 14.0. The van der Waals surface area contributed by atoms with Crippen LogP contribution in [0.15, 0.2) is 4.36 Å². The number of carbonyl (C=O) groups excluding carboxylic acids is 1. The molecule has 5 nitrogen and oxygen atoms in total. The molecule has 1 aliphatic rings. The number of hydrogen-bond acceptors (Lipinski definition) is 4. The lowest BCUT2D eigenvalue weighted by Gasteiger charge is -2.21. The molecule has 0 unspecified atom stereocenters. The largest absolute Gasteiger partial charge is 0.448 e. The topological polar surface area (TPSA) is 67.8 Å². The molecule has 1 fully saturated rings. The lowest BCUT2D eigenvalue weighted by molar-refractivity contribution is -0.167. The summed E-state index contributed by atoms with van der Waals surface area (Å²) in [7, 11) is -3.30. The molecule has 0 aromatic heterocycles. The number of carbonyl (C=O) groups is 1. The Morgan fingerprint density at radius 2 is 2.11 bits per heavy atom. The van der Waals surface area contributed by atoms with E-state index in [0.717, 1.165) is 6.26 Å². The minimum atomic E-state index is -4.46. The van der Waals surface area contributed by atoms with E-state index in [1.54, 1.807) is 0 Å². The monoisotopic (exact) mass is 288 g/mol. The van der Waals surface area contributed by atoms with Crippen molar-refractivity contribution < 1.29 is 26.9 Å². The third-order valence-electron chi connectivity index (χ3n) is 2.66. The molecule has 1 N–H and O–H groups in total. The van der Waals surface area contributed by atoms with Gasteiger partial charge in [0, 0.05) is 19.3 Å². The molecule has 106 valence electrons. The zero-order valence-corrected chi connectivity index (χ0v) is 10.8. The maximum absolute atomic E-state index is 12.7. The summed E-state index contributed by atoms with van der Waals surface area (Å²) < 4.78 is 58.0. The van der Waals surface area contributed by atoms with Crippen LogP contribution in [0.5, 0.6) is 0 Å². The van der Waals surface area contributed by atoms with Crippen LogP contribution in [0.2, 0.25) is 0 Å². The van der Waals surface area contributed by atoms with Crippen LogP contribution in [-0.4, -0.2) is 47.7 Å². The van der Waals surface area contributed by atoms with Gasteiger partial charge in [-0.2, -0.15) is 13.2 Å². The predicted molar refractivity (Wildman–Crippen MR) is 59.7 cm³/mol. The molecule has 1 heterocycles. The average Bonchev–Trinajstić information content (AvgIpc) is 2.64. The molecular weight excluding hydrogens is 273 g/mol. The molecule has 3 atom stereocenters. The highest BCUT2D eigenvalue weighted by atomic mass is 32.2. The molecule has 0 aromatic rings. The van der Waals surface area contributed by atoms with Crippen molar-refractivity contribution in [1.29, 1.82) is 0 Å². The van der Waals surface area contributed by atoms with Gasteiger partial charge in [0.05, 0.1) is 27.5 Å². The van der Waals surface area contributed by atoms with Gasteiger partial charge in [-0.25, -0.2) is 9.00 Å². The smallest absolute Gasteiger partial charge is 0.441 e. The van der Waals surface area contributed by atoms with E-state index >= 15 is 0 Å². The molecule has 18 heavy (non-hydrogen) atoms. The Labute approximate surface area is 103 Å². The van der Waals surface area contributed by atoms with Gasteiger partial charge in [0.25, 0.3) is 0 Å². The molecule has 1 rings (SSSR count). The van der Waals surface area contributed by atoms with E-state index in [1.807, 2.05) is 0 Å². The van der Waals surface area contributed by atoms with Crippen LogP contribution in [-0.2, 0) is 14.5 Å². The number of nitrogens with zero attached hydrogens (tertiary/aromatic N) is 1. The van der Waals surface area contributed by atoms with Crippen molar-refractivity contribution in [3.63, 3.8) is 0 Å². The minimum absolute atomic E-state index is 0.0312. The number of nitrogens with one attached hydrogen (secondary N) is 1. The Hall–Kier alpha value is -0.830. The molecule has 0 bridgehead atoms. The number of halogens is 3. The first kappa shape index (κ1) is 15.2. The van der Waals surface area contributed by atoms with Gasteiger partial charge in [-0.05, 0) is 6.92 Å².